The van der Waals surface area contributed by atoms with Crippen molar-refractivity contribution in [2.75, 3.05) is 7.11 Å². The summed E-state index contributed by atoms with van der Waals surface area (Å²) in [7, 11) is 1.59. The van der Waals surface area contributed by atoms with Crippen molar-refractivity contribution < 1.29 is 9.47 Å². The molecule has 1 aromatic rings. The molecule has 0 radical (unpaired) electrons. The Morgan fingerprint density at radius 2 is 1.88 bits per heavy atom. The maximum atomic E-state index is 5.99. The topological polar surface area (TPSA) is 44.5 Å². The molecule has 1 unspecified atom stereocenters. The van der Waals surface area contributed by atoms with Gasteiger partial charge < -0.3 is 15.2 Å². The van der Waals surface area contributed by atoms with Crippen LogP contribution >= 0.6 is 11.6 Å². The fraction of sp³-hybridized carbons (Fsp3) is 0.500. The molecule has 0 saturated heterocycles. The van der Waals surface area contributed by atoms with Crippen molar-refractivity contribution in [3.8, 4) is 11.5 Å². The van der Waals surface area contributed by atoms with E-state index >= 15 is 0 Å². The van der Waals surface area contributed by atoms with Gasteiger partial charge in [-0.25, -0.2) is 0 Å². The van der Waals surface area contributed by atoms with E-state index in [-0.39, 0.29) is 12.1 Å². The predicted molar refractivity (Wildman–Crippen MR) is 66.4 cm³/mol. The van der Waals surface area contributed by atoms with Gasteiger partial charge in [0.05, 0.1) is 13.2 Å². The molecular formula is C12H18ClNO2. The van der Waals surface area contributed by atoms with Crippen molar-refractivity contribution in [3.05, 3.63) is 22.7 Å². The summed E-state index contributed by atoms with van der Waals surface area (Å²) in [5.74, 6) is 1.30. The van der Waals surface area contributed by atoms with Crippen molar-refractivity contribution in [1.29, 1.82) is 0 Å². The second-order valence-corrected chi connectivity index (χ2v) is 4.42. The van der Waals surface area contributed by atoms with Crippen molar-refractivity contribution in [2.45, 2.75) is 32.9 Å². The van der Waals surface area contributed by atoms with Gasteiger partial charge in [0.15, 0.2) is 11.5 Å². The third-order valence-corrected chi connectivity index (χ3v) is 2.33. The second kappa shape index (κ2) is 5.41. The summed E-state index contributed by atoms with van der Waals surface area (Å²) in [5, 5.41) is 0.597. The van der Waals surface area contributed by atoms with Gasteiger partial charge in [-0.05, 0) is 26.8 Å². The first-order valence-electron chi connectivity index (χ1n) is 5.25. The Balaban J connectivity index is 3.27. The van der Waals surface area contributed by atoms with Crippen LogP contribution in [0.2, 0.25) is 5.02 Å². The molecule has 0 fully saturated rings. The monoisotopic (exact) mass is 243 g/mol. The first kappa shape index (κ1) is 13.1. The summed E-state index contributed by atoms with van der Waals surface area (Å²) in [6.07, 6.45) is 0.0626. The second-order valence-electron chi connectivity index (χ2n) is 3.98. The molecule has 0 saturated carbocycles. The molecule has 90 valence electrons. The highest BCUT2D eigenvalue weighted by Gasteiger charge is 2.16. The molecule has 0 heterocycles. The number of nitrogens with two attached hydrogens (primary N) is 1. The molecule has 0 aliphatic carbocycles. The molecular weight excluding hydrogens is 226 g/mol. The molecule has 0 amide bonds. The van der Waals surface area contributed by atoms with E-state index in [0.717, 1.165) is 5.56 Å². The molecule has 0 aromatic heterocycles. The molecule has 0 aliphatic rings. The average molecular weight is 244 g/mol. The third-order valence-electron chi connectivity index (χ3n) is 2.11. The standard InChI is InChI=1S/C12H18ClNO2/c1-7(2)16-12-10(8(3)14)5-9(13)6-11(12)15-4/h5-8H,14H2,1-4H3. The lowest BCUT2D eigenvalue weighted by molar-refractivity contribution is 0.226. The molecule has 1 rings (SSSR count). The van der Waals surface area contributed by atoms with Crippen LogP contribution in [0.25, 0.3) is 0 Å². The molecule has 1 aromatic carbocycles. The van der Waals surface area contributed by atoms with Gasteiger partial charge in [-0.3, -0.25) is 0 Å². The SMILES string of the molecule is COc1cc(Cl)cc(C(C)N)c1OC(C)C. The van der Waals surface area contributed by atoms with Crippen LogP contribution in [0.1, 0.15) is 32.4 Å². The highest BCUT2D eigenvalue weighted by molar-refractivity contribution is 6.30. The predicted octanol–water partition coefficient (Wildman–Crippen LogP) is 3.16. The summed E-state index contributed by atoms with van der Waals surface area (Å²) >= 11 is 5.99. The Labute approximate surface area is 101 Å². The minimum atomic E-state index is -0.152. The molecule has 16 heavy (non-hydrogen) atoms. The van der Waals surface area contributed by atoms with E-state index in [1.807, 2.05) is 26.8 Å². The minimum Gasteiger partial charge on any atom is -0.493 e. The lowest BCUT2D eigenvalue weighted by atomic mass is 10.1. The van der Waals surface area contributed by atoms with E-state index in [9.17, 15) is 0 Å². The van der Waals surface area contributed by atoms with Crippen LogP contribution in [-0.2, 0) is 0 Å². The van der Waals surface area contributed by atoms with Crippen LogP contribution in [0.3, 0.4) is 0 Å². The van der Waals surface area contributed by atoms with Crippen molar-refractivity contribution in [2.24, 2.45) is 5.73 Å². The normalized spacial score (nSPS) is 12.7. The van der Waals surface area contributed by atoms with E-state index in [2.05, 4.69) is 0 Å². The summed E-state index contributed by atoms with van der Waals surface area (Å²) in [6, 6.07) is 3.39. The van der Waals surface area contributed by atoms with E-state index < -0.39 is 0 Å². The highest BCUT2D eigenvalue weighted by atomic mass is 35.5. The zero-order valence-electron chi connectivity index (χ0n) is 10.1. The summed E-state index contributed by atoms with van der Waals surface area (Å²) in [5.41, 5.74) is 6.75. The average Bonchev–Trinajstić information content (AvgIpc) is 2.19. The highest BCUT2D eigenvalue weighted by Crippen LogP contribution is 2.37. The number of hydrogen-bond acceptors (Lipinski definition) is 3. The molecule has 0 spiro atoms. The van der Waals surface area contributed by atoms with Crippen LogP contribution in [0.5, 0.6) is 11.5 Å². The summed E-state index contributed by atoms with van der Waals surface area (Å²) in [6.45, 7) is 5.80. The van der Waals surface area contributed by atoms with E-state index in [1.165, 1.54) is 0 Å². The van der Waals surface area contributed by atoms with Crippen LogP contribution in [0.15, 0.2) is 12.1 Å². The Bertz CT molecular complexity index is 364. The minimum absolute atomic E-state index is 0.0626. The van der Waals surface area contributed by atoms with Crippen molar-refractivity contribution in [3.63, 3.8) is 0 Å². The third kappa shape index (κ3) is 3.03. The fourth-order valence-corrected chi connectivity index (χ4v) is 1.66. The molecule has 3 nitrogen and oxygen atoms in total. The maximum Gasteiger partial charge on any atom is 0.166 e. The summed E-state index contributed by atoms with van der Waals surface area (Å²) in [4.78, 5) is 0. The van der Waals surface area contributed by atoms with Gasteiger partial charge in [-0.2, -0.15) is 0 Å². The van der Waals surface area contributed by atoms with Gasteiger partial charge in [-0.15, -0.1) is 0 Å². The van der Waals surface area contributed by atoms with E-state index in [0.29, 0.717) is 16.5 Å². The maximum absolute atomic E-state index is 5.99. The van der Waals surface area contributed by atoms with Crippen LogP contribution < -0.4 is 15.2 Å². The Morgan fingerprint density at radius 1 is 1.25 bits per heavy atom. The first-order chi connectivity index (χ1) is 7.45. The number of halogens is 1. The van der Waals surface area contributed by atoms with Gasteiger partial charge in [0.1, 0.15) is 0 Å². The van der Waals surface area contributed by atoms with Crippen molar-refractivity contribution >= 4 is 11.6 Å². The lowest BCUT2D eigenvalue weighted by Crippen LogP contribution is -2.13. The van der Waals surface area contributed by atoms with Crippen molar-refractivity contribution in [1.82, 2.24) is 0 Å². The zero-order valence-corrected chi connectivity index (χ0v) is 10.8. The quantitative estimate of drug-likeness (QED) is 0.884. The first-order valence-corrected chi connectivity index (χ1v) is 5.63. The molecule has 0 bridgehead atoms. The number of rotatable bonds is 4. The molecule has 0 aliphatic heterocycles. The van der Waals surface area contributed by atoms with Gasteiger partial charge in [0.25, 0.3) is 0 Å². The van der Waals surface area contributed by atoms with Crippen LogP contribution in [-0.4, -0.2) is 13.2 Å². The van der Waals surface area contributed by atoms with Crippen LogP contribution in [0, 0.1) is 0 Å². The van der Waals surface area contributed by atoms with E-state index in [1.54, 1.807) is 13.2 Å². The number of benzene rings is 1. The fourth-order valence-electron chi connectivity index (χ4n) is 1.44. The Hall–Kier alpha value is -0.930. The molecule has 4 heteroatoms. The Morgan fingerprint density at radius 3 is 2.31 bits per heavy atom. The zero-order chi connectivity index (χ0) is 12.3. The Kier molecular flexibility index (Phi) is 4.44. The van der Waals surface area contributed by atoms with Gasteiger partial charge in [-0.1, -0.05) is 11.6 Å². The number of methoxy groups -OCH3 is 1. The number of ether oxygens (including phenoxy) is 2. The van der Waals surface area contributed by atoms with Gasteiger partial charge in [0, 0.05) is 22.7 Å². The largest absolute Gasteiger partial charge is 0.493 e. The summed E-state index contributed by atoms with van der Waals surface area (Å²) < 4.78 is 11.0. The van der Waals surface area contributed by atoms with Gasteiger partial charge in [0.2, 0.25) is 0 Å². The van der Waals surface area contributed by atoms with Gasteiger partial charge >= 0.3 is 0 Å². The lowest BCUT2D eigenvalue weighted by Gasteiger charge is -2.19. The van der Waals surface area contributed by atoms with Crippen LogP contribution in [0.4, 0.5) is 0 Å². The molecule has 1 atom stereocenters. The molecule has 2 N–H and O–H groups in total. The smallest absolute Gasteiger partial charge is 0.166 e. The van der Waals surface area contributed by atoms with E-state index in [4.69, 9.17) is 26.8 Å². The number of hydrogen-bond donors (Lipinski definition) is 1.